The monoisotopic (exact) mass is 484 g/mol. The minimum Gasteiger partial charge on any atom is -0.493 e. The minimum absolute atomic E-state index is 0.0644. The van der Waals surface area contributed by atoms with E-state index in [0.29, 0.717) is 33.5 Å². The summed E-state index contributed by atoms with van der Waals surface area (Å²) in [5, 5.41) is 14.9. The van der Waals surface area contributed by atoms with Crippen molar-refractivity contribution in [2.45, 2.75) is 4.90 Å². The van der Waals surface area contributed by atoms with Gasteiger partial charge in [-0.05, 0) is 42.5 Å². The molecule has 2 aromatic carbocycles. The number of nitrogens with zero attached hydrogens (tertiary/aromatic N) is 3. The van der Waals surface area contributed by atoms with Crippen LogP contribution in [0.5, 0.6) is 11.5 Å². The molecule has 33 heavy (non-hydrogen) atoms. The molecule has 3 aromatic rings. The summed E-state index contributed by atoms with van der Waals surface area (Å²) in [5.41, 5.74) is 12.7. The van der Waals surface area contributed by atoms with Crippen LogP contribution in [-0.4, -0.2) is 33.6 Å². The van der Waals surface area contributed by atoms with Gasteiger partial charge in [0.2, 0.25) is 5.96 Å². The van der Waals surface area contributed by atoms with Crippen LogP contribution in [0.25, 0.3) is 16.8 Å². The fraction of sp³-hybridized carbons (Fsp3) is 0.0952. The van der Waals surface area contributed by atoms with Crippen molar-refractivity contribution < 1.29 is 17.9 Å². The second-order valence-corrected chi connectivity index (χ2v) is 8.90. The number of nitriles is 1. The van der Waals surface area contributed by atoms with Crippen molar-refractivity contribution in [1.29, 1.82) is 5.26 Å². The molecule has 10 nitrogen and oxygen atoms in total. The number of nitrogens with one attached hydrogen (secondary N) is 1. The molecule has 0 spiro atoms. The second kappa shape index (κ2) is 10.0. The van der Waals surface area contributed by atoms with E-state index in [1.807, 2.05) is 17.5 Å². The summed E-state index contributed by atoms with van der Waals surface area (Å²) in [6.45, 7) is 0. The zero-order valence-electron chi connectivity index (χ0n) is 17.6. The summed E-state index contributed by atoms with van der Waals surface area (Å²) in [6.07, 6.45) is 1.50. The van der Waals surface area contributed by atoms with Crippen LogP contribution >= 0.6 is 11.3 Å². The molecule has 0 radical (unpaired) electrons. The van der Waals surface area contributed by atoms with Crippen molar-refractivity contribution in [1.82, 2.24) is 4.98 Å². The van der Waals surface area contributed by atoms with Crippen molar-refractivity contribution in [3.63, 3.8) is 0 Å². The van der Waals surface area contributed by atoms with Gasteiger partial charge in [0.05, 0.1) is 24.8 Å². The lowest BCUT2D eigenvalue weighted by Gasteiger charge is -2.08. The molecule has 0 aliphatic rings. The third kappa shape index (κ3) is 5.59. The van der Waals surface area contributed by atoms with Crippen LogP contribution in [0.3, 0.4) is 0 Å². The summed E-state index contributed by atoms with van der Waals surface area (Å²) in [6, 6.07) is 13.3. The Bertz CT molecular complexity index is 1350. The topological polar surface area (TPSA) is 166 Å². The van der Waals surface area contributed by atoms with Crippen molar-refractivity contribution >= 4 is 38.6 Å². The maximum atomic E-state index is 12.0. The molecule has 0 aliphatic carbocycles. The first-order valence-electron chi connectivity index (χ1n) is 9.28. The van der Waals surface area contributed by atoms with E-state index in [1.54, 1.807) is 20.3 Å². The number of anilines is 1. The van der Waals surface area contributed by atoms with Crippen LogP contribution in [0.4, 0.5) is 5.69 Å². The van der Waals surface area contributed by atoms with Crippen molar-refractivity contribution in [2.75, 3.05) is 19.5 Å². The Kier molecular flexibility index (Phi) is 7.17. The number of hydrogen-bond acceptors (Lipinski definition) is 8. The minimum atomic E-state index is -3.97. The molecular formula is C21H20N6O4S2. The molecule has 1 heterocycles. The summed E-state index contributed by atoms with van der Waals surface area (Å²) in [4.78, 5) is 4.48. The number of aromatic nitrogens is 1. The summed E-state index contributed by atoms with van der Waals surface area (Å²) in [5.74, 6) is 0.637. The number of rotatable bonds is 8. The van der Waals surface area contributed by atoms with E-state index in [1.165, 1.54) is 41.8 Å². The van der Waals surface area contributed by atoms with E-state index in [4.69, 9.17) is 20.9 Å². The molecule has 1 aromatic heterocycles. The van der Waals surface area contributed by atoms with Gasteiger partial charge >= 0.3 is 0 Å². The molecule has 3 rings (SSSR count). The van der Waals surface area contributed by atoms with E-state index in [-0.39, 0.29) is 4.90 Å². The van der Waals surface area contributed by atoms with Gasteiger partial charge in [-0.25, -0.2) is 4.98 Å². The third-order valence-electron chi connectivity index (χ3n) is 4.30. The van der Waals surface area contributed by atoms with Crippen molar-refractivity contribution in [3.05, 3.63) is 59.1 Å². The molecule has 170 valence electrons. The van der Waals surface area contributed by atoms with E-state index in [0.717, 1.165) is 5.56 Å². The Balaban J connectivity index is 1.79. The van der Waals surface area contributed by atoms with Gasteiger partial charge in [0.1, 0.15) is 16.6 Å². The normalized spacial score (nSPS) is 11.4. The van der Waals surface area contributed by atoms with Crippen LogP contribution in [0.15, 0.2) is 63.3 Å². The average Bonchev–Trinajstić information content (AvgIpc) is 3.28. The van der Waals surface area contributed by atoms with E-state index in [2.05, 4.69) is 20.8 Å². The Morgan fingerprint density at radius 3 is 2.45 bits per heavy atom. The van der Waals surface area contributed by atoms with Gasteiger partial charge in [-0.2, -0.15) is 13.7 Å². The zero-order chi connectivity index (χ0) is 24.0. The lowest BCUT2D eigenvalue weighted by atomic mass is 10.1. The van der Waals surface area contributed by atoms with Gasteiger partial charge in [-0.15, -0.1) is 15.7 Å². The predicted molar refractivity (Wildman–Crippen MR) is 127 cm³/mol. The number of ether oxygens (including phenoxy) is 2. The Morgan fingerprint density at radius 2 is 1.85 bits per heavy atom. The van der Waals surface area contributed by atoms with Crippen LogP contribution < -0.4 is 26.3 Å². The van der Waals surface area contributed by atoms with Gasteiger partial charge < -0.3 is 26.3 Å². The number of guanidine groups is 1. The first-order chi connectivity index (χ1) is 15.8. The summed E-state index contributed by atoms with van der Waals surface area (Å²) < 4.78 is 37.8. The van der Waals surface area contributed by atoms with Gasteiger partial charge in [-0.1, -0.05) is 0 Å². The highest BCUT2D eigenvalue weighted by Gasteiger charge is 2.14. The molecule has 12 heteroatoms. The number of benzene rings is 2. The number of nitrogens with two attached hydrogens (primary N) is 2. The van der Waals surface area contributed by atoms with Gasteiger partial charge in [0, 0.05) is 22.8 Å². The molecule has 0 aliphatic heterocycles. The predicted octanol–water partition coefficient (Wildman–Crippen LogP) is 2.77. The summed E-state index contributed by atoms with van der Waals surface area (Å²) >= 11 is 1.32. The van der Waals surface area contributed by atoms with Crippen LogP contribution in [0.1, 0.15) is 5.01 Å². The fourth-order valence-corrected chi connectivity index (χ4v) is 4.40. The highest BCUT2D eigenvalue weighted by Crippen LogP contribution is 2.33. The number of thiazole rings is 1. The second-order valence-electron chi connectivity index (χ2n) is 6.44. The molecule has 0 bridgehead atoms. The summed E-state index contributed by atoms with van der Waals surface area (Å²) in [7, 11) is -0.855. The lowest BCUT2D eigenvalue weighted by Crippen LogP contribution is -2.24. The maximum Gasteiger partial charge on any atom is 0.285 e. The quantitative estimate of drug-likeness (QED) is 0.247. The number of sulfonamides is 1. The smallest absolute Gasteiger partial charge is 0.285 e. The van der Waals surface area contributed by atoms with Crippen molar-refractivity contribution in [3.8, 4) is 28.8 Å². The van der Waals surface area contributed by atoms with Gasteiger partial charge in [-0.3, -0.25) is 0 Å². The highest BCUT2D eigenvalue weighted by atomic mass is 32.2. The van der Waals surface area contributed by atoms with E-state index >= 15 is 0 Å². The molecular weight excluding hydrogens is 464 g/mol. The fourth-order valence-electron chi connectivity index (χ4n) is 2.74. The zero-order valence-corrected chi connectivity index (χ0v) is 19.3. The lowest BCUT2D eigenvalue weighted by molar-refractivity contribution is 0.355. The van der Waals surface area contributed by atoms with Crippen LogP contribution in [0, 0.1) is 11.3 Å². The molecule has 0 fully saturated rings. The highest BCUT2D eigenvalue weighted by molar-refractivity contribution is 7.90. The Hall–Kier alpha value is -4.08. The molecule has 0 unspecified atom stereocenters. The van der Waals surface area contributed by atoms with E-state index < -0.39 is 16.0 Å². The van der Waals surface area contributed by atoms with E-state index in [9.17, 15) is 13.7 Å². The number of allylic oxidation sites excluding steroid dienone is 1. The van der Waals surface area contributed by atoms with Crippen LogP contribution in [-0.2, 0) is 10.0 Å². The first-order valence-corrected chi connectivity index (χ1v) is 11.6. The van der Waals surface area contributed by atoms with Crippen molar-refractivity contribution in [2.24, 2.45) is 15.9 Å². The standard InChI is InChI=1S/C21H20N6O4S2/c1-30-18-8-3-13(9-19(18)31-2)17-12-32-20(26-17)14(10-22)11-25-15-4-6-16(7-5-15)33(28,29)27-21(23)24/h3-9,11-12,25H,1-2H3,(H4,23,24,27). The Morgan fingerprint density at radius 1 is 1.15 bits per heavy atom. The average molecular weight is 485 g/mol. The molecule has 0 amide bonds. The first kappa shape index (κ1) is 23.6. The van der Waals surface area contributed by atoms with Gasteiger partial charge in [0.25, 0.3) is 10.0 Å². The molecule has 0 saturated heterocycles. The third-order valence-corrected chi connectivity index (χ3v) is 6.49. The molecule has 0 saturated carbocycles. The number of hydrogen-bond donors (Lipinski definition) is 3. The Labute approximate surface area is 194 Å². The maximum absolute atomic E-state index is 12.0. The SMILES string of the molecule is COc1ccc(-c2csc(C(C#N)=CNc3ccc(S(=O)(=O)N=C(N)N)cc3)n2)cc1OC. The van der Waals surface area contributed by atoms with Crippen LogP contribution in [0.2, 0.25) is 0 Å². The largest absolute Gasteiger partial charge is 0.493 e. The molecule has 0 atom stereocenters. The number of methoxy groups -OCH3 is 2. The van der Waals surface area contributed by atoms with Gasteiger partial charge in [0.15, 0.2) is 11.5 Å². The molecule has 5 N–H and O–H groups in total.